The number of hydrogen-bond donors (Lipinski definition) is 1. The molecule has 2 heterocycles. The van der Waals surface area contributed by atoms with Gasteiger partial charge in [-0.15, -0.1) is 0 Å². The quantitative estimate of drug-likeness (QED) is 0.680. The van der Waals surface area contributed by atoms with Crippen LogP contribution in [-0.4, -0.2) is 30.9 Å². The molecule has 1 saturated heterocycles. The van der Waals surface area contributed by atoms with Gasteiger partial charge in [0.2, 0.25) is 0 Å². The van der Waals surface area contributed by atoms with Crippen LogP contribution < -0.4 is 5.32 Å². The average Bonchev–Trinajstić information content (AvgIpc) is 2.69. The maximum absolute atomic E-state index is 4.15. The predicted octanol–water partition coefficient (Wildman–Crippen LogP) is 0.967. The van der Waals surface area contributed by atoms with Crippen LogP contribution in [0.1, 0.15) is 6.42 Å². The zero-order valence-electron chi connectivity index (χ0n) is 7.69. The van der Waals surface area contributed by atoms with Gasteiger partial charge < -0.3 is 10.2 Å². The lowest BCUT2D eigenvalue weighted by atomic mass is 10.1. The lowest BCUT2D eigenvalue weighted by Gasteiger charge is -2.14. The molecule has 1 atom stereocenters. The Bertz CT molecular complexity index is 237. The van der Waals surface area contributed by atoms with E-state index in [1.807, 2.05) is 18.5 Å². The topological polar surface area (TPSA) is 27.6 Å². The molecule has 2 rings (SSSR count). The Labute approximate surface area is 78.8 Å². The first-order valence-corrected chi connectivity index (χ1v) is 4.76. The zero-order chi connectivity index (χ0) is 8.93. The van der Waals surface area contributed by atoms with Gasteiger partial charge in [-0.25, -0.2) is 0 Å². The van der Waals surface area contributed by atoms with Gasteiger partial charge in [0.1, 0.15) is 6.67 Å². The molecule has 0 radical (unpaired) electrons. The molecular weight excluding hydrogens is 162 g/mol. The van der Waals surface area contributed by atoms with E-state index in [4.69, 9.17) is 0 Å². The molecular formula is C10H15N3. The van der Waals surface area contributed by atoms with Crippen molar-refractivity contribution in [1.82, 2.24) is 10.2 Å². The van der Waals surface area contributed by atoms with Crippen LogP contribution in [0.2, 0.25) is 0 Å². The summed E-state index contributed by atoms with van der Waals surface area (Å²) in [6, 6.07) is 0. The van der Waals surface area contributed by atoms with Crippen LogP contribution in [0.4, 0.5) is 0 Å². The van der Waals surface area contributed by atoms with Crippen molar-refractivity contribution in [3.63, 3.8) is 0 Å². The Balaban J connectivity index is 1.82. The second kappa shape index (κ2) is 4.23. The van der Waals surface area contributed by atoms with Gasteiger partial charge in [0, 0.05) is 25.2 Å². The van der Waals surface area contributed by atoms with Crippen LogP contribution in [0.3, 0.4) is 0 Å². The van der Waals surface area contributed by atoms with E-state index >= 15 is 0 Å². The molecule has 0 aromatic carbocycles. The van der Waals surface area contributed by atoms with E-state index in [1.165, 1.54) is 6.42 Å². The number of nitrogens with zero attached hydrogens (tertiary/aromatic N) is 2. The highest BCUT2D eigenvalue weighted by Crippen LogP contribution is 2.09. The fourth-order valence-electron chi connectivity index (χ4n) is 1.57. The Morgan fingerprint density at radius 1 is 1.54 bits per heavy atom. The SMILES string of the molecule is C1=CN(/C=C/[C@H]2CCNC2)CN=C1. The molecule has 0 amide bonds. The first-order chi connectivity index (χ1) is 6.45. The second-order valence-corrected chi connectivity index (χ2v) is 3.42. The Morgan fingerprint density at radius 3 is 3.23 bits per heavy atom. The van der Waals surface area contributed by atoms with Crippen LogP contribution in [-0.2, 0) is 0 Å². The maximum Gasteiger partial charge on any atom is 0.113 e. The van der Waals surface area contributed by atoms with E-state index in [0.717, 1.165) is 19.8 Å². The van der Waals surface area contributed by atoms with Gasteiger partial charge in [0.25, 0.3) is 0 Å². The third-order valence-corrected chi connectivity index (χ3v) is 2.36. The van der Waals surface area contributed by atoms with E-state index in [1.54, 1.807) is 0 Å². The summed E-state index contributed by atoms with van der Waals surface area (Å²) in [7, 11) is 0. The fraction of sp³-hybridized carbons (Fsp3) is 0.500. The summed E-state index contributed by atoms with van der Waals surface area (Å²) in [6.45, 7) is 3.04. The molecule has 0 unspecified atom stereocenters. The Morgan fingerprint density at radius 2 is 2.54 bits per heavy atom. The summed E-state index contributed by atoms with van der Waals surface area (Å²) >= 11 is 0. The van der Waals surface area contributed by atoms with Gasteiger partial charge >= 0.3 is 0 Å². The smallest absolute Gasteiger partial charge is 0.113 e. The highest BCUT2D eigenvalue weighted by Gasteiger charge is 2.10. The summed E-state index contributed by atoms with van der Waals surface area (Å²) < 4.78 is 0. The maximum atomic E-state index is 4.15. The van der Waals surface area contributed by atoms with Gasteiger partial charge in [-0.1, -0.05) is 6.08 Å². The number of allylic oxidation sites excluding steroid dienone is 1. The monoisotopic (exact) mass is 177 g/mol. The number of rotatable bonds is 2. The van der Waals surface area contributed by atoms with E-state index in [-0.39, 0.29) is 0 Å². The van der Waals surface area contributed by atoms with Crippen molar-refractivity contribution in [2.45, 2.75) is 6.42 Å². The van der Waals surface area contributed by atoms with Crippen molar-refractivity contribution in [1.29, 1.82) is 0 Å². The number of hydrogen-bond acceptors (Lipinski definition) is 3. The molecule has 2 aliphatic heterocycles. The molecule has 13 heavy (non-hydrogen) atoms. The predicted molar refractivity (Wildman–Crippen MR) is 54.5 cm³/mol. The first-order valence-electron chi connectivity index (χ1n) is 4.76. The van der Waals surface area contributed by atoms with E-state index in [0.29, 0.717) is 5.92 Å². The summed E-state index contributed by atoms with van der Waals surface area (Å²) in [5.74, 6) is 0.708. The van der Waals surface area contributed by atoms with Crippen molar-refractivity contribution in [3.8, 4) is 0 Å². The molecule has 3 heteroatoms. The number of aliphatic imine (C=N–C) groups is 1. The third-order valence-electron chi connectivity index (χ3n) is 2.36. The Hall–Kier alpha value is -1.09. The molecule has 0 aliphatic carbocycles. The minimum Gasteiger partial charge on any atom is -0.335 e. The van der Waals surface area contributed by atoms with Crippen molar-refractivity contribution in [2.75, 3.05) is 19.8 Å². The molecule has 1 N–H and O–H groups in total. The van der Waals surface area contributed by atoms with Crippen molar-refractivity contribution < 1.29 is 0 Å². The van der Waals surface area contributed by atoms with Crippen LogP contribution in [0.25, 0.3) is 0 Å². The minimum atomic E-state index is 0.708. The van der Waals surface area contributed by atoms with E-state index in [2.05, 4.69) is 27.5 Å². The first kappa shape index (κ1) is 8.51. The van der Waals surface area contributed by atoms with Gasteiger partial charge in [0.05, 0.1) is 0 Å². The van der Waals surface area contributed by atoms with Crippen molar-refractivity contribution in [2.24, 2.45) is 10.9 Å². The molecule has 2 aliphatic rings. The van der Waals surface area contributed by atoms with Gasteiger partial charge in [-0.05, 0) is 25.0 Å². The third kappa shape index (κ3) is 2.42. The summed E-state index contributed by atoms with van der Waals surface area (Å²) in [4.78, 5) is 6.25. The largest absolute Gasteiger partial charge is 0.335 e. The Kier molecular flexibility index (Phi) is 2.77. The zero-order valence-corrected chi connectivity index (χ0v) is 7.69. The summed E-state index contributed by atoms with van der Waals surface area (Å²) in [5.41, 5.74) is 0. The average molecular weight is 177 g/mol. The molecule has 0 bridgehead atoms. The lowest BCUT2D eigenvalue weighted by Crippen LogP contribution is -2.13. The van der Waals surface area contributed by atoms with Gasteiger partial charge in [-0.3, -0.25) is 4.99 Å². The minimum absolute atomic E-state index is 0.708. The highest BCUT2D eigenvalue weighted by molar-refractivity contribution is 5.71. The van der Waals surface area contributed by atoms with E-state index < -0.39 is 0 Å². The van der Waals surface area contributed by atoms with Crippen LogP contribution in [0.15, 0.2) is 29.5 Å². The fourth-order valence-corrected chi connectivity index (χ4v) is 1.57. The highest BCUT2D eigenvalue weighted by atomic mass is 15.2. The van der Waals surface area contributed by atoms with Crippen molar-refractivity contribution in [3.05, 3.63) is 24.6 Å². The standard InChI is InChI=1S/C10H15N3/c1-4-12-9-13(6-1)7-3-10-2-5-11-8-10/h1,3-4,6-7,10-11H,2,5,8-9H2/b7-3+/t10-/m1/s1. The van der Waals surface area contributed by atoms with E-state index in [9.17, 15) is 0 Å². The van der Waals surface area contributed by atoms with Crippen molar-refractivity contribution >= 4 is 6.21 Å². The normalized spacial score (nSPS) is 27.7. The van der Waals surface area contributed by atoms with Crippen LogP contribution in [0, 0.1) is 5.92 Å². The molecule has 3 nitrogen and oxygen atoms in total. The molecule has 1 fully saturated rings. The summed E-state index contributed by atoms with van der Waals surface area (Å²) in [6.07, 6.45) is 11.5. The van der Waals surface area contributed by atoms with Crippen LogP contribution >= 0.6 is 0 Å². The molecule has 0 saturated carbocycles. The molecule has 0 aromatic heterocycles. The molecule has 0 spiro atoms. The number of nitrogens with one attached hydrogen (secondary N) is 1. The molecule has 70 valence electrons. The van der Waals surface area contributed by atoms with Crippen LogP contribution in [0.5, 0.6) is 0 Å². The van der Waals surface area contributed by atoms with Gasteiger partial charge in [-0.2, -0.15) is 0 Å². The lowest BCUT2D eigenvalue weighted by molar-refractivity contribution is 0.513. The van der Waals surface area contributed by atoms with Gasteiger partial charge in [0.15, 0.2) is 0 Å². The second-order valence-electron chi connectivity index (χ2n) is 3.42. The summed E-state index contributed by atoms with van der Waals surface area (Å²) in [5, 5.41) is 3.34. The molecule has 0 aromatic rings.